The minimum absolute atomic E-state index is 0.253. The second-order valence-electron chi connectivity index (χ2n) is 5.76. The van der Waals surface area contributed by atoms with Gasteiger partial charge >= 0.3 is 6.18 Å². The molecule has 0 saturated heterocycles. The second kappa shape index (κ2) is 8.40. The van der Waals surface area contributed by atoms with Gasteiger partial charge in [-0.25, -0.2) is 0 Å². The van der Waals surface area contributed by atoms with E-state index in [9.17, 15) is 13.2 Å². The van der Waals surface area contributed by atoms with Crippen LogP contribution in [0.2, 0.25) is 0 Å². The first kappa shape index (κ1) is 18.5. The van der Waals surface area contributed by atoms with Gasteiger partial charge in [0.05, 0.1) is 17.5 Å². The maximum atomic E-state index is 12.7. The van der Waals surface area contributed by atoms with E-state index in [0.717, 1.165) is 17.7 Å². The van der Waals surface area contributed by atoms with Crippen LogP contribution in [-0.4, -0.2) is 6.21 Å². The van der Waals surface area contributed by atoms with E-state index >= 15 is 0 Å². The number of benzene rings is 3. The van der Waals surface area contributed by atoms with Gasteiger partial charge in [-0.2, -0.15) is 18.3 Å². The Kier molecular flexibility index (Phi) is 5.76. The zero-order valence-corrected chi connectivity index (χ0v) is 14.3. The molecule has 3 rings (SSSR count). The SMILES string of the molecule is FC(F)(F)c1cccc(N/N=C/c2ccccc2OCc2ccccc2)c1. The number of hydrogen-bond acceptors (Lipinski definition) is 3. The molecule has 0 aliphatic rings. The molecule has 0 spiro atoms. The first-order chi connectivity index (χ1) is 13.0. The lowest BCUT2D eigenvalue weighted by molar-refractivity contribution is -0.137. The Balaban J connectivity index is 1.67. The Hall–Kier alpha value is -3.28. The lowest BCUT2D eigenvalue weighted by atomic mass is 10.2. The van der Waals surface area contributed by atoms with E-state index in [-0.39, 0.29) is 5.69 Å². The van der Waals surface area contributed by atoms with E-state index in [1.54, 1.807) is 0 Å². The smallest absolute Gasteiger partial charge is 0.416 e. The summed E-state index contributed by atoms with van der Waals surface area (Å²) in [5.74, 6) is 0.635. The first-order valence-electron chi connectivity index (χ1n) is 8.24. The molecular formula is C21H17F3N2O. The van der Waals surface area contributed by atoms with Crippen LogP contribution in [0.5, 0.6) is 5.75 Å². The summed E-state index contributed by atoms with van der Waals surface area (Å²) in [7, 11) is 0. The van der Waals surface area contributed by atoms with Crippen molar-refractivity contribution in [2.75, 3.05) is 5.43 Å². The van der Waals surface area contributed by atoms with Gasteiger partial charge in [0.1, 0.15) is 12.4 Å². The molecule has 1 N–H and O–H groups in total. The molecule has 0 unspecified atom stereocenters. The van der Waals surface area contributed by atoms with Crippen LogP contribution in [0.1, 0.15) is 16.7 Å². The van der Waals surface area contributed by atoms with Gasteiger partial charge in [0, 0.05) is 5.56 Å². The highest BCUT2D eigenvalue weighted by molar-refractivity contribution is 5.84. The van der Waals surface area contributed by atoms with Crippen LogP contribution in [0.3, 0.4) is 0 Å². The highest BCUT2D eigenvalue weighted by Gasteiger charge is 2.30. The van der Waals surface area contributed by atoms with Crippen molar-refractivity contribution in [3.63, 3.8) is 0 Å². The van der Waals surface area contributed by atoms with Crippen molar-refractivity contribution in [3.8, 4) is 5.75 Å². The third kappa shape index (κ3) is 5.34. The fraction of sp³-hybridized carbons (Fsp3) is 0.0952. The van der Waals surface area contributed by atoms with Gasteiger partial charge in [-0.1, -0.05) is 48.5 Å². The molecule has 0 atom stereocenters. The molecule has 0 amide bonds. The number of hydrogen-bond donors (Lipinski definition) is 1. The molecule has 0 bridgehead atoms. The summed E-state index contributed by atoms with van der Waals surface area (Å²) in [6.45, 7) is 0.409. The van der Waals surface area contributed by atoms with Gasteiger partial charge in [-0.15, -0.1) is 0 Å². The van der Waals surface area contributed by atoms with Crippen molar-refractivity contribution in [2.45, 2.75) is 12.8 Å². The molecule has 0 saturated carbocycles. The van der Waals surface area contributed by atoms with E-state index < -0.39 is 11.7 Å². The van der Waals surface area contributed by atoms with Crippen molar-refractivity contribution in [2.24, 2.45) is 5.10 Å². The number of para-hydroxylation sites is 1. The summed E-state index contributed by atoms with van der Waals surface area (Å²) in [5.41, 5.74) is 3.90. The standard InChI is InChI=1S/C21H17F3N2O/c22-21(23,24)18-10-6-11-19(13-18)26-25-14-17-9-4-5-12-20(17)27-15-16-7-2-1-3-8-16/h1-14,26H,15H2/b25-14+. The summed E-state index contributed by atoms with van der Waals surface area (Å²) < 4.78 is 44.1. The molecule has 3 aromatic carbocycles. The largest absolute Gasteiger partial charge is 0.488 e. The van der Waals surface area contributed by atoms with Gasteiger partial charge in [-0.05, 0) is 35.9 Å². The summed E-state index contributed by atoms with van der Waals surface area (Å²) in [5, 5.41) is 4.03. The van der Waals surface area contributed by atoms with E-state index in [4.69, 9.17) is 4.74 Å². The maximum absolute atomic E-state index is 12.7. The average molecular weight is 370 g/mol. The molecular weight excluding hydrogens is 353 g/mol. The molecule has 0 fully saturated rings. The molecule has 3 aromatic rings. The first-order valence-corrected chi connectivity index (χ1v) is 8.24. The Bertz CT molecular complexity index is 909. The third-order valence-electron chi connectivity index (χ3n) is 3.74. The van der Waals surface area contributed by atoms with Crippen LogP contribution in [0.25, 0.3) is 0 Å². The fourth-order valence-corrected chi connectivity index (χ4v) is 2.40. The molecule has 0 aliphatic carbocycles. The highest BCUT2D eigenvalue weighted by Crippen LogP contribution is 2.30. The van der Waals surface area contributed by atoms with Gasteiger partial charge in [0.25, 0.3) is 0 Å². The number of hydrazone groups is 1. The van der Waals surface area contributed by atoms with Crippen molar-refractivity contribution < 1.29 is 17.9 Å². The highest BCUT2D eigenvalue weighted by atomic mass is 19.4. The second-order valence-corrected chi connectivity index (χ2v) is 5.76. The number of ether oxygens (including phenoxy) is 1. The molecule has 3 nitrogen and oxygen atoms in total. The molecule has 0 radical (unpaired) electrons. The summed E-state index contributed by atoms with van der Waals surface area (Å²) in [6.07, 6.45) is -2.88. The Morgan fingerprint density at radius 1 is 0.889 bits per heavy atom. The van der Waals surface area contributed by atoms with E-state index in [2.05, 4.69) is 10.5 Å². The minimum atomic E-state index is -4.39. The number of nitrogens with one attached hydrogen (secondary N) is 1. The van der Waals surface area contributed by atoms with E-state index in [1.807, 2.05) is 54.6 Å². The summed E-state index contributed by atoms with van der Waals surface area (Å²) in [4.78, 5) is 0. The summed E-state index contributed by atoms with van der Waals surface area (Å²) in [6, 6.07) is 21.9. The molecule has 6 heteroatoms. The fourth-order valence-electron chi connectivity index (χ4n) is 2.40. The third-order valence-corrected chi connectivity index (χ3v) is 3.74. The van der Waals surface area contributed by atoms with Gasteiger partial charge in [0.2, 0.25) is 0 Å². The van der Waals surface area contributed by atoms with Gasteiger partial charge in [0.15, 0.2) is 0 Å². The minimum Gasteiger partial charge on any atom is -0.488 e. The molecule has 0 heterocycles. The quantitative estimate of drug-likeness (QED) is 0.444. The van der Waals surface area contributed by atoms with E-state index in [0.29, 0.717) is 17.9 Å². The average Bonchev–Trinajstić information content (AvgIpc) is 2.68. The normalized spacial score (nSPS) is 11.5. The summed E-state index contributed by atoms with van der Waals surface area (Å²) >= 11 is 0. The van der Waals surface area contributed by atoms with Gasteiger partial charge < -0.3 is 4.74 Å². The number of halogens is 3. The number of rotatable bonds is 6. The Labute approximate surface area is 155 Å². The number of anilines is 1. The maximum Gasteiger partial charge on any atom is 0.416 e. The lowest BCUT2D eigenvalue weighted by Gasteiger charge is -2.09. The van der Waals surface area contributed by atoms with Crippen LogP contribution in [0.15, 0.2) is 84.0 Å². The molecule has 0 aromatic heterocycles. The Morgan fingerprint density at radius 3 is 2.41 bits per heavy atom. The Morgan fingerprint density at radius 2 is 1.63 bits per heavy atom. The zero-order valence-electron chi connectivity index (χ0n) is 14.3. The molecule has 0 aliphatic heterocycles. The zero-order chi connectivity index (χ0) is 19.1. The van der Waals surface area contributed by atoms with Crippen LogP contribution < -0.4 is 10.2 Å². The van der Waals surface area contributed by atoms with Gasteiger partial charge in [-0.3, -0.25) is 5.43 Å². The van der Waals surface area contributed by atoms with Crippen LogP contribution in [0.4, 0.5) is 18.9 Å². The topological polar surface area (TPSA) is 33.6 Å². The van der Waals surface area contributed by atoms with Crippen molar-refractivity contribution >= 4 is 11.9 Å². The van der Waals surface area contributed by atoms with Crippen molar-refractivity contribution in [1.29, 1.82) is 0 Å². The van der Waals surface area contributed by atoms with Crippen molar-refractivity contribution in [3.05, 3.63) is 95.6 Å². The number of alkyl halides is 3. The van der Waals surface area contributed by atoms with Crippen LogP contribution in [0, 0.1) is 0 Å². The van der Waals surface area contributed by atoms with Crippen molar-refractivity contribution in [1.82, 2.24) is 0 Å². The van der Waals surface area contributed by atoms with Crippen LogP contribution in [-0.2, 0) is 12.8 Å². The predicted octanol–water partition coefficient (Wildman–Crippen LogP) is 5.73. The monoisotopic (exact) mass is 370 g/mol. The number of nitrogens with zero attached hydrogens (tertiary/aromatic N) is 1. The molecule has 138 valence electrons. The predicted molar refractivity (Wildman–Crippen MR) is 99.9 cm³/mol. The molecule has 27 heavy (non-hydrogen) atoms. The van der Waals surface area contributed by atoms with Crippen LogP contribution >= 0.6 is 0 Å². The van der Waals surface area contributed by atoms with E-state index in [1.165, 1.54) is 18.3 Å². The lowest BCUT2D eigenvalue weighted by Crippen LogP contribution is -2.05.